The van der Waals surface area contributed by atoms with Crippen molar-refractivity contribution < 1.29 is 9.90 Å². The quantitative estimate of drug-likeness (QED) is 0.189. The molecule has 0 atom stereocenters. The summed E-state index contributed by atoms with van der Waals surface area (Å²) in [6.45, 7) is 6.37. The van der Waals surface area contributed by atoms with E-state index in [1.807, 2.05) is 19.1 Å². The molecule has 7 aromatic rings. The van der Waals surface area contributed by atoms with E-state index in [4.69, 9.17) is 0 Å². The third-order valence-electron chi connectivity index (χ3n) is 9.22. The molecule has 1 aliphatic rings. The Kier molecular flexibility index (Phi) is 4.39. The number of rotatable bonds is 2. The standard InChI is InChI=1S/C37H26O2/c1-19-20(2)32(28-16-8-14-24-23-11-5-4-10-22(23)18-30(24)28)35-27-13-7-6-12-25(27)26-15-9-17-29-33(37(38)39)21(3)31(19)36(35)34(26)29/h4-17H,18H2,1-3H3,(H,38,39). The summed E-state index contributed by atoms with van der Waals surface area (Å²) in [4.78, 5) is 12.7. The maximum atomic E-state index is 12.7. The Morgan fingerprint density at radius 1 is 0.564 bits per heavy atom. The molecule has 0 unspecified atom stereocenters. The van der Waals surface area contributed by atoms with Crippen LogP contribution in [0.25, 0.3) is 65.3 Å². The molecule has 39 heavy (non-hydrogen) atoms. The van der Waals surface area contributed by atoms with Crippen LogP contribution in [0.4, 0.5) is 0 Å². The van der Waals surface area contributed by atoms with Crippen LogP contribution in [-0.4, -0.2) is 11.1 Å². The molecule has 0 saturated heterocycles. The molecule has 0 heterocycles. The first-order valence-electron chi connectivity index (χ1n) is 13.5. The van der Waals surface area contributed by atoms with Gasteiger partial charge >= 0.3 is 5.97 Å². The third kappa shape index (κ3) is 2.73. The van der Waals surface area contributed by atoms with E-state index in [0.717, 1.165) is 44.5 Å². The number of hydrogen-bond acceptors (Lipinski definition) is 1. The minimum atomic E-state index is -0.869. The van der Waals surface area contributed by atoms with Crippen LogP contribution in [0.15, 0.2) is 84.9 Å². The lowest BCUT2D eigenvalue weighted by atomic mass is 9.78. The summed E-state index contributed by atoms with van der Waals surface area (Å²) in [5.74, 6) is -0.869. The summed E-state index contributed by atoms with van der Waals surface area (Å²) < 4.78 is 0. The van der Waals surface area contributed by atoms with Gasteiger partial charge in [-0.15, -0.1) is 0 Å². The van der Waals surface area contributed by atoms with Crippen molar-refractivity contribution in [3.63, 3.8) is 0 Å². The summed E-state index contributed by atoms with van der Waals surface area (Å²) in [6.07, 6.45) is 0.919. The fourth-order valence-electron chi connectivity index (χ4n) is 7.51. The molecule has 0 bridgehead atoms. The van der Waals surface area contributed by atoms with E-state index in [0.29, 0.717) is 5.56 Å². The molecular formula is C37H26O2. The number of fused-ring (bicyclic) bond motifs is 6. The lowest BCUT2D eigenvalue weighted by Gasteiger charge is -2.25. The maximum Gasteiger partial charge on any atom is 0.336 e. The second kappa shape index (κ2) is 7.68. The molecule has 2 nitrogen and oxygen atoms in total. The largest absolute Gasteiger partial charge is 0.478 e. The second-order valence-corrected chi connectivity index (χ2v) is 11.0. The van der Waals surface area contributed by atoms with Crippen molar-refractivity contribution in [2.75, 3.05) is 0 Å². The van der Waals surface area contributed by atoms with Crippen LogP contribution in [0.3, 0.4) is 0 Å². The van der Waals surface area contributed by atoms with Gasteiger partial charge in [-0.2, -0.15) is 0 Å². The SMILES string of the molecule is Cc1c(C)c2c(C)c(C(=O)O)c3cccc4c5ccccc5c(c1-c1cccc5c1Cc1ccccc1-5)c2c34. The van der Waals surface area contributed by atoms with Gasteiger partial charge in [-0.3, -0.25) is 0 Å². The lowest BCUT2D eigenvalue weighted by Crippen LogP contribution is -2.06. The fourth-order valence-corrected chi connectivity index (χ4v) is 7.51. The first kappa shape index (κ1) is 22.3. The van der Waals surface area contributed by atoms with E-state index >= 15 is 0 Å². The highest BCUT2D eigenvalue weighted by Gasteiger charge is 2.28. The highest BCUT2D eigenvalue weighted by atomic mass is 16.4. The van der Waals surface area contributed by atoms with E-state index in [2.05, 4.69) is 86.6 Å². The molecule has 0 saturated carbocycles. The van der Waals surface area contributed by atoms with E-state index < -0.39 is 5.97 Å². The molecule has 0 aromatic heterocycles. The molecule has 0 spiro atoms. The third-order valence-corrected chi connectivity index (χ3v) is 9.22. The van der Waals surface area contributed by atoms with Gasteiger partial charge < -0.3 is 5.11 Å². The van der Waals surface area contributed by atoms with Crippen molar-refractivity contribution in [2.45, 2.75) is 27.2 Å². The summed E-state index contributed by atoms with van der Waals surface area (Å²) in [5, 5.41) is 19.3. The van der Waals surface area contributed by atoms with Crippen LogP contribution in [0.1, 0.15) is 38.2 Å². The minimum Gasteiger partial charge on any atom is -0.478 e. The molecule has 1 N–H and O–H groups in total. The van der Waals surface area contributed by atoms with E-state index in [9.17, 15) is 9.90 Å². The average Bonchev–Trinajstić information content (AvgIpc) is 3.33. The van der Waals surface area contributed by atoms with Gasteiger partial charge in [0, 0.05) is 0 Å². The Hall–Kier alpha value is -4.69. The zero-order chi connectivity index (χ0) is 26.6. The number of carboxylic acids is 1. The molecule has 0 radical (unpaired) electrons. The number of carbonyl (C=O) groups is 1. The summed E-state index contributed by atoms with van der Waals surface area (Å²) in [5.41, 5.74) is 11.6. The van der Waals surface area contributed by atoms with Gasteiger partial charge in [0.15, 0.2) is 0 Å². The predicted molar refractivity (Wildman–Crippen MR) is 163 cm³/mol. The van der Waals surface area contributed by atoms with Crippen LogP contribution in [0.2, 0.25) is 0 Å². The van der Waals surface area contributed by atoms with Gasteiger partial charge in [0.25, 0.3) is 0 Å². The van der Waals surface area contributed by atoms with E-state index in [1.54, 1.807) is 0 Å². The lowest BCUT2D eigenvalue weighted by molar-refractivity contribution is 0.0698. The summed E-state index contributed by atoms with van der Waals surface area (Å²) >= 11 is 0. The highest BCUT2D eigenvalue weighted by Crippen LogP contribution is 2.51. The first-order chi connectivity index (χ1) is 19.0. The van der Waals surface area contributed by atoms with Crippen molar-refractivity contribution in [3.05, 3.63) is 118 Å². The Balaban J connectivity index is 1.66. The Labute approximate surface area is 226 Å². The monoisotopic (exact) mass is 502 g/mol. The molecular weight excluding hydrogens is 476 g/mol. The summed E-state index contributed by atoms with van der Waals surface area (Å²) in [6, 6.07) is 30.2. The summed E-state index contributed by atoms with van der Waals surface area (Å²) in [7, 11) is 0. The topological polar surface area (TPSA) is 37.3 Å². The van der Waals surface area contributed by atoms with Gasteiger partial charge in [0.2, 0.25) is 0 Å². The molecule has 8 rings (SSSR count). The Morgan fingerprint density at radius 2 is 1.18 bits per heavy atom. The van der Waals surface area contributed by atoms with E-state index in [1.165, 1.54) is 55.1 Å². The van der Waals surface area contributed by atoms with Crippen molar-refractivity contribution >= 4 is 49.1 Å². The number of hydrogen-bond donors (Lipinski definition) is 1. The van der Waals surface area contributed by atoms with Crippen molar-refractivity contribution in [3.8, 4) is 22.3 Å². The van der Waals surface area contributed by atoms with Crippen LogP contribution in [-0.2, 0) is 6.42 Å². The van der Waals surface area contributed by atoms with Gasteiger partial charge in [-0.25, -0.2) is 4.79 Å². The number of benzene rings is 7. The average molecular weight is 503 g/mol. The normalized spacial score (nSPS) is 12.6. The zero-order valence-electron chi connectivity index (χ0n) is 22.1. The van der Waals surface area contributed by atoms with Crippen molar-refractivity contribution in [2.24, 2.45) is 0 Å². The van der Waals surface area contributed by atoms with Crippen LogP contribution < -0.4 is 0 Å². The molecule has 186 valence electrons. The molecule has 0 aliphatic heterocycles. The first-order valence-corrected chi connectivity index (χ1v) is 13.5. The molecule has 1 aliphatic carbocycles. The van der Waals surface area contributed by atoms with Gasteiger partial charge in [0.1, 0.15) is 0 Å². The van der Waals surface area contributed by atoms with Gasteiger partial charge in [0.05, 0.1) is 5.56 Å². The van der Waals surface area contributed by atoms with Gasteiger partial charge in [-0.05, 0) is 120 Å². The number of aryl methyl sites for hydroxylation is 2. The van der Waals surface area contributed by atoms with Crippen LogP contribution in [0.5, 0.6) is 0 Å². The molecule has 0 fully saturated rings. The Morgan fingerprint density at radius 3 is 2.00 bits per heavy atom. The smallest absolute Gasteiger partial charge is 0.336 e. The minimum absolute atomic E-state index is 0.413. The zero-order valence-corrected chi connectivity index (χ0v) is 22.1. The van der Waals surface area contributed by atoms with Gasteiger partial charge in [-0.1, -0.05) is 84.9 Å². The number of aromatic carboxylic acids is 1. The van der Waals surface area contributed by atoms with Crippen molar-refractivity contribution in [1.29, 1.82) is 0 Å². The van der Waals surface area contributed by atoms with Crippen molar-refractivity contribution in [1.82, 2.24) is 0 Å². The van der Waals surface area contributed by atoms with E-state index in [-0.39, 0.29) is 0 Å². The fraction of sp³-hybridized carbons (Fsp3) is 0.108. The molecule has 7 aromatic carbocycles. The second-order valence-electron chi connectivity index (χ2n) is 11.0. The predicted octanol–water partition coefficient (Wildman–Crippen LogP) is 9.60. The number of carboxylic acid groups (broad SMARTS) is 1. The maximum absolute atomic E-state index is 12.7. The Bertz CT molecular complexity index is 2200. The van der Waals surface area contributed by atoms with Crippen LogP contribution >= 0.6 is 0 Å². The molecule has 2 heteroatoms. The highest BCUT2D eigenvalue weighted by molar-refractivity contribution is 6.39. The van der Waals surface area contributed by atoms with Crippen LogP contribution in [0, 0.1) is 20.8 Å². The molecule has 0 amide bonds.